The third kappa shape index (κ3) is 3.41. The highest BCUT2D eigenvalue weighted by Crippen LogP contribution is 2.22. The van der Waals surface area contributed by atoms with Crippen LogP contribution >= 0.6 is 0 Å². The van der Waals surface area contributed by atoms with Crippen molar-refractivity contribution in [2.45, 2.75) is 0 Å². The van der Waals surface area contributed by atoms with Crippen LogP contribution in [-0.4, -0.2) is 52.1 Å². The van der Waals surface area contributed by atoms with Crippen molar-refractivity contribution >= 4 is 17.4 Å². The zero-order valence-electron chi connectivity index (χ0n) is 14.9. The fraction of sp³-hybridized carbons (Fsp3) is 0.211. The van der Waals surface area contributed by atoms with Gasteiger partial charge in [-0.2, -0.15) is 0 Å². The number of nitrogens with zero attached hydrogens (tertiary/aromatic N) is 5. The Kier molecular flexibility index (Phi) is 4.71. The molecule has 0 atom stereocenters. The third-order valence-electron chi connectivity index (χ3n) is 4.65. The van der Waals surface area contributed by atoms with E-state index in [0.29, 0.717) is 43.5 Å². The molecule has 0 saturated carbocycles. The highest BCUT2D eigenvalue weighted by molar-refractivity contribution is 5.98. The first-order chi connectivity index (χ1) is 13.6. The van der Waals surface area contributed by atoms with E-state index in [0.717, 1.165) is 0 Å². The lowest BCUT2D eigenvalue weighted by Crippen LogP contribution is -2.49. The molecule has 3 aromatic rings. The molecule has 1 aliphatic heterocycles. The molecule has 9 heteroatoms. The van der Waals surface area contributed by atoms with Gasteiger partial charge in [0.2, 0.25) is 0 Å². The molecule has 142 valence electrons. The van der Waals surface area contributed by atoms with E-state index in [1.165, 1.54) is 12.1 Å². The summed E-state index contributed by atoms with van der Waals surface area (Å²) in [5.41, 5.74) is 0.594. The number of hydrogen-bond donors (Lipinski definition) is 0. The lowest BCUT2D eigenvalue weighted by molar-refractivity contribution is -0.385. The SMILES string of the molecule is O=C(c1ccccc1[N+](=O)[O-])N1CCN(c2ccc(-c3ccco3)nn2)CC1. The number of hydrogen-bond acceptors (Lipinski definition) is 7. The molecule has 0 N–H and O–H groups in total. The summed E-state index contributed by atoms with van der Waals surface area (Å²) in [6, 6.07) is 13.3. The van der Waals surface area contributed by atoms with Crippen molar-refractivity contribution < 1.29 is 14.1 Å². The number of anilines is 1. The average Bonchev–Trinajstić information content (AvgIpc) is 3.28. The van der Waals surface area contributed by atoms with Crippen LogP contribution < -0.4 is 4.90 Å². The minimum absolute atomic E-state index is 0.114. The largest absolute Gasteiger partial charge is 0.463 e. The fourth-order valence-electron chi connectivity index (χ4n) is 3.17. The van der Waals surface area contributed by atoms with Gasteiger partial charge < -0.3 is 14.2 Å². The van der Waals surface area contributed by atoms with Gasteiger partial charge >= 0.3 is 0 Å². The molecule has 1 fully saturated rings. The van der Waals surface area contributed by atoms with Crippen LogP contribution in [0, 0.1) is 10.1 Å². The van der Waals surface area contributed by atoms with E-state index in [2.05, 4.69) is 10.2 Å². The van der Waals surface area contributed by atoms with Gasteiger partial charge in [0.1, 0.15) is 11.3 Å². The minimum atomic E-state index is -0.528. The average molecular weight is 379 g/mol. The fourth-order valence-corrected chi connectivity index (χ4v) is 3.17. The molecule has 0 radical (unpaired) electrons. The highest BCUT2D eigenvalue weighted by Gasteiger charge is 2.27. The summed E-state index contributed by atoms with van der Waals surface area (Å²) in [6.45, 7) is 2.04. The first-order valence-electron chi connectivity index (χ1n) is 8.79. The van der Waals surface area contributed by atoms with Crippen molar-refractivity contribution in [2.75, 3.05) is 31.1 Å². The zero-order valence-corrected chi connectivity index (χ0v) is 14.9. The number of piperazine rings is 1. The second-order valence-corrected chi connectivity index (χ2v) is 6.31. The Hall–Kier alpha value is -3.75. The summed E-state index contributed by atoms with van der Waals surface area (Å²) in [7, 11) is 0. The molecule has 1 saturated heterocycles. The van der Waals surface area contributed by atoms with Gasteiger partial charge in [0.05, 0.1) is 11.2 Å². The molecule has 9 nitrogen and oxygen atoms in total. The second-order valence-electron chi connectivity index (χ2n) is 6.31. The Morgan fingerprint density at radius 3 is 2.43 bits per heavy atom. The van der Waals surface area contributed by atoms with E-state index in [1.54, 1.807) is 29.4 Å². The standard InChI is InChI=1S/C19H17N5O4/c25-19(14-4-1-2-5-16(14)24(26)27)23-11-9-22(10-12-23)18-8-7-15(20-21-18)17-6-3-13-28-17/h1-8,13H,9-12H2. The number of para-hydroxylation sites is 1. The lowest BCUT2D eigenvalue weighted by Gasteiger charge is -2.35. The Balaban J connectivity index is 1.42. The van der Waals surface area contributed by atoms with Crippen molar-refractivity contribution in [3.63, 3.8) is 0 Å². The Bertz CT molecular complexity index is 980. The maximum atomic E-state index is 12.7. The second kappa shape index (κ2) is 7.47. The quantitative estimate of drug-likeness (QED) is 0.507. The smallest absolute Gasteiger partial charge is 0.282 e. The maximum Gasteiger partial charge on any atom is 0.282 e. The van der Waals surface area contributed by atoms with E-state index in [9.17, 15) is 14.9 Å². The topological polar surface area (TPSA) is 106 Å². The number of aromatic nitrogens is 2. The van der Waals surface area contributed by atoms with Gasteiger partial charge in [0, 0.05) is 32.2 Å². The number of nitro benzene ring substituents is 1. The van der Waals surface area contributed by atoms with Crippen molar-refractivity contribution in [3.05, 3.63) is 70.5 Å². The summed E-state index contributed by atoms with van der Waals surface area (Å²) in [4.78, 5) is 27.0. The molecule has 1 aromatic carbocycles. The van der Waals surface area contributed by atoms with Crippen LogP contribution in [-0.2, 0) is 0 Å². The van der Waals surface area contributed by atoms with Crippen molar-refractivity contribution in [2.24, 2.45) is 0 Å². The molecule has 28 heavy (non-hydrogen) atoms. The molecule has 3 heterocycles. The van der Waals surface area contributed by atoms with E-state index in [4.69, 9.17) is 4.42 Å². The number of amides is 1. The summed E-state index contributed by atoms with van der Waals surface area (Å²) < 4.78 is 5.31. The van der Waals surface area contributed by atoms with Crippen LogP contribution in [0.3, 0.4) is 0 Å². The van der Waals surface area contributed by atoms with E-state index in [1.807, 2.05) is 23.1 Å². The van der Waals surface area contributed by atoms with Crippen LogP contribution in [0.1, 0.15) is 10.4 Å². The van der Waals surface area contributed by atoms with Gasteiger partial charge in [-0.25, -0.2) is 0 Å². The number of furan rings is 1. The Labute approximate surface area is 160 Å². The molecule has 4 rings (SSSR count). The van der Waals surface area contributed by atoms with Crippen LogP contribution in [0.5, 0.6) is 0 Å². The molecular formula is C19H17N5O4. The number of carbonyl (C=O) groups excluding carboxylic acids is 1. The number of benzene rings is 1. The zero-order chi connectivity index (χ0) is 19.5. The van der Waals surface area contributed by atoms with Gasteiger partial charge in [-0.3, -0.25) is 14.9 Å². The van der Waals surface area contributed by atoms with Gasteiger partial charge in [0.15, 0.2) is 11.6 Å². The van der Waals surface area contributed by atoms with Gasteiger partial charge in [-0.05, 0) is 30.3 Å². The molecule has 2 aromatic heterocycles. The first-order valence-corrected chi connectivity index (χ1v) is 8.79. The van der Waals surface area contributed by atoms with Crippen LogP contribution in [0.2, 0.25) is 0 Å². The van der Waals surface area contributed by atoms with Gasteiger partial charge in [-0.1, -0.05) is 12.1 Å². The third-order valence-corrected chi connectivity index (χ3v) is 4.65. The van der Waals surface area contributed by atoms with E-state index in [-0.39, 0.29) is 17.2 Å². The monoisotopic (exact) mass is 379 g/mol. The summed E-state index contributed by atoms with van der Waals surface area (Å²) in [5.74, 6) is 1.04. The molecule has 0 unspecified atom stereocenters. The molecule has 0 bridgehead atoms. The highest BCUT2D eigenvalue weighted by atomic mass is 16.6. The first kappa shape index (κ1) is 17.7. The van der Waals surface area contributed by atoms with Crippen LogP contribution in [0.25, 0.3) is 11.5 Å². The van der Waals surface area contributed by atoms with E-state index >= 15 is 0 Å². The van der Waals surface area contributed by atoms with Crippen molar-refractivity contribution in [3.8, 4) is 11.5 Å². The van der Waals surface area contributed by atoms with Crippen molar-refractivity contribution in [1.29, 1.82) is 0 Å². The normalized spacial score (nSPS) is 14.1. The maximum absolute atomic E-state index is 12.7. The Morgan fingerprint density at radius 1 is 1.00 bits per heavy atom. The lowest BCUT2D eigenvalue weighted by atomic mass is 10.1. The number of nitro groups is 1. The number of rotatable bonds is 4. The van der Waals surface area contributed by atoms with E-state index < -0.39 is 4.92 Å². The summed E-state index contributed by atoms with van der Waals surface area (Å²) in [5, 5.41) is 19.6. The van der Waals surface area contributed by atoms with Crippen molar-refractivity contribution in [1.82, 2.24) is 15.1 Å². The molecule has 0 spiro atoms. The summed E-state index contributed by atoms with van der Waals surface area (Å²) >= 11 is 0. The van der Waals surface area contributed by atoms with Crippen LogP contribution in [0.15, 0.2) is 59.2 Å². The minimum Gasteiger partial charge on any atom is -0.463 e. The Morgan fingerprint density at radius 2 is 1.79 bits per heavy atom. The van der Waals surface area contributed by atoms with Crippen LogP contribution in [0.4, 0.5) is 11.5 Å². The molecular weight excluding hydrogens is 362 g/mol. The molecule has 1 amide bonds. The summed E-state index contributed by atoms with van der Waals surface area (Å²) in [6.07, 6.45) is 1.58. The van der Waals surface area contributed by atoms with Gasteiger partial charge in [-0.15, -0.1) is 10.2 Å². The predicted octanol–water partition coefficient (Wildman–Crippen LogP) is 2.61. The number of carbonyl (C=O) groups is 1. The van der Waals surface area contributed by atoms with Gasteiger partial charge in [0.25, 0.3) is 11.6 Å². The predicted molar refractivity (Wildman–Crippen MR) is 101 cm³/mol. The molecule has 1 aliphatic rings. The molecule has 0 aliphatic carbocycles.